The maximum absolute atomic E-state index is 4.15. The van der Waals surface area contributed by atoms with Crippen LogP contribution >= 0.6 is 0 Å². The van der Waals surface area contributed by atoms with E-state index < -0.39 is 0 Å². The second kappa shape index (κ2) is 8.21. The van der Waals surface area contributed by atoms with Gasteiger partial charge in [0.05, 0.1) is 6.67 Å². The average Bonchev–Trinajstić information content (AvgIpc) is 2.25. The molecule has 0 radical (unpaired) electrons. The molecular formula is C15H30N2. The van der Waals surface area contributed by atoms with Gasteiger partial charge in [0, 0.05) is 25.5 Å². The minimum atomic E-state index is 0.743. The fraction of sp³-hybridized carbons (Fsp3) is 0.733. The summed E-state index contributed by atoms with van der Waals surface area (Å²) in [5.41, 5.74) is 2.42. The van der Waals surface area contributed by atoms with Crippen LogP contribution in [0.2, 0.25) is 0 Å². The zero-order valence-electron chi connectivity index (χ0n) is 12.4. The minimum absolute atomic E-state index is 0.743. The highest BCUT2D eigenvalue weighted by Crippen LogP contribution is 2.14. The summed E-state index contributed by atoms with van der Waals surface area (Å²) < 4.78 is 0. The monoisotopic (exact) mass is 238 g/mol. The zero-order valence-corrected chi connectivity index (χ0v) is 12.4. The first-order valence-corrected chi connectivity index (χ1v) is 6.66. The van der Waals surface area contributed by atoms with Crippen LogP contribution in [0.3, 0.4) is 0 Å². The molecule has 0 rings (SSSR count). The molecule has 0 spiro atoms. The molecule has 0 atom stereocenters. The first-order chi connectivity index (χ1) is 7.88. The molecule has 0 unspecified atom stereocenters. The SMILES string of the molecule is C=C(CCC)N(C)CN(C)C(=C)CCC(C)C. The lowest BCUT2D eigenvalue weighted by molar-refractivity contribution is 0.245. The smallest absolute Gasteiger partial charge is 0.0890 e. The van der Waals surface area contributed by atoms with Crippen LogP contribution < -0.4 is 0 Å². The molecule has 0 bridgehead atoms. The number of nitrogens with zero attached hydrogens (tertiary/aromatic N) is 2. The van der Waals surface area contributed by atoms with Gasteiger partial charge in [0.15, 0.2) is 0 Å². The minimum Gasteiger partial charge on any atom is -0.361 e. The van der Waals surface area contributed by atoms with Crippen molar-refractivity contribution in [1.29, 1.82) is 0 Å². The van der Waals surface area contributed by atoms with Gasteiger partial charge >= 0.3 is 0 Å². The van der Waals surface area contributed by atoms with Gasteiger partial charge in [-0.25, -0.2) is 0 Å². The molecule has 0 saturated carbocycles. The molecule has 2 nitrogen and oxygen atoms in total. The van der Waals surface area contributed by atoms with Gasteiger partial charge in [-0.3, -0.25) is 0 Å². The van der Waals surface area contributed by atoms with Crippen molar-refractivity contribution in [2.24, 2.45) is 5.92 Å². The highest BCUT2D eigenvalue weighted by atomic mass is 15.3. The van der Waals surface area contributed by atoms with Gasteiger partial charge in [-0.05, 0) is 25.2 Å². The van der Waals surface area contributed by atoms with Crippen molar-refractivity contribution in [3.05, 3.63) is 24.6 Å². The maximum Gasteiger partial charge on any atom is 0.0890 e. The topological polar surface area (TPSA) is 6.48 Å². The normalized spacial score (nSPS) is 10.5. The lowest BCUT2D eigenvalue weighted by Crippen LogP contribution is -2.31. The van der Waals surface area contributed by atoms with Crippen LogP contribution in [0.4, 0.5) is 0 Å². The predicted molar refractivity (Wildman–Crippen MR) is 77.7 cm³/mol. The Morgan fingerprint density at radius 3 is 1.88 bits per heavy atom. The van der Waals surface area contributed by atoms with Gasteiger partial charge in [0.25, 0.3) is 0 Å². The highest BCUT2D eigenvalue weighted by molar-refractivity contribution is 4.96. The van der Waals surface area contributed by atoms with Gasteiger partial charge in [0.2, 0.25) is 0 Å². The van der Waals surface area contributed by atoms with E-state index in [1.54, 1.807) is 0 Å². The molecule has 100 valence electrons. The second-order valence-electron chi connectivity index (χ2n) is 5.35. The summed E-state index contributed by atoms with van der Waals surface area (Å²) in [5.74, 6) is 0.743. The van der Waals surface area contributed by atoms with E-state index in [4.69, 9.17) is 0 Å². The predicted octanol–water partition coefficient (Wildman–Crippen LogP) is 4.07. The van der Waals surface area contributed by atoms with Crippen molar-refractivity contribution < 1.29 is 0 Å². The van der Waals surface area contributed by atoms with E-state index in [0.717, 1.165) is 31.8 Å². The van der Waals surface area contributed by atoms with E-state index in [0.29, 0.717) is 0 Å². The summed E-state index contributed by atoms with van der Waals surface area (Å²) in [7, 11) is 4.21. The van der Waals surface area contributed by atoms with Crippen molar-refractivity contribution in [3.63, 3.8) is 0 Å². The zero-order chi connectivity index (χ0) is 13.4. The van der Waals surface area contributed by atoms with E-state index in [-0.39, 0.29) is 0 Å². The van der Waals surface area contributed by atoms with Crippen molar-refractivity contribution in [1.82, 2.24) is 9.80 Å². The van der Waals surface area contributed by atoms with Gasteiger partial charge in [-0.15, -0.1) is 0 Å². The molecule has 0 aliphatic heterocycles. The van der Waals surface area contributed by atoms with Crippen molar-refractivity contribution >= 4 is 0 Å². The molecule has 0 aliphatic rings. The van der Waals surface area contributed by atoms with Crippen LogP contribution in [-0.4, -0.2) is 30.6 Å². The fourth-order valence-electron chi connectivity index (χ4n) is 1.64. The first-order valence-electron chi connectivity index (χ1n) is 6.66. The lowest BCUT2D eigenvalue weighted by atomic mass is 10.1. The third-order valence-corrected chi connectivity index (χ3v) is 3.05. The Balaban J connectivity index is 4.02. The number of hydrogen-bond donors (Lipinski definition) is 0. The highest BCUT2D eigenvalue weighted by Gasteiger charge is 2.07. The molecule has 17 heavy (non-hydrogen) atoms. The Labute approximate surface area is 108 Å². The van der Waals surface area contributed by atoms with E-state index in [1.165, 1.54) is 17.8 Å². The summed E-state index contributed by atoms with van der Waals surface area (Å²) >= 11 is 0. The van der Waals surface area contributed by atoms with Crippen LogP contribution in [0, 0.1) is 5.92 Å². The summed E-state index contributed by atoms with van der Waals surface area (Å²) in [4.78, 5) is 4.44. The number of hydrogen-bond acceptors (Lipinski definition) is 2. The molecule has 0 amide bonds. The standard InChI is InChI=1S/C15H30N2/c1-8-9-14(4)16(6)12-17(7)15(5)11-10-13(2)3/h13H,4-5,8-12H2,1-3,6-7H3. The Bertz CT molecular complexity index is 243. The summed E-state index contributed by atoms with van der Waals surface area (Å²) in [6, 6.07) is 0. The summed E-state index contributed by atoms with van der Waals surface area (Å²) in [6.07, 6.45) is 4.52. The Morgan fingerprint density at radius 2 is 1.47 bits per heavy atom. The molecule has 0 fully saturated rings. The Hall–Kier alpha value is -0.920. The van der Waals surface area contributed by atoms with Crippen LogP contribution in [0.25, 0.3) is 0 Å². The third-order valence-electron chi connectivity index (χ3n) is 3.05. The molecule has 2 heteroatoms. The number of rotatable bonds is 9. The average molecular weight is 238 g/mol. The molecule has 0 aromatic carbocycles. The second-order valence-corrected chi connectivity index (χ2v) is 5.35. The van der Waals surface area contributed by atoms with Crippen LogP contribution in [0.1, 0.15) is 46.5 Å². The van der Waals surface area contributed by atoms with Gasteiger partial charge < -0.3 is 9.80 Å². The van der Waals surface area contributed by atoms with Gasteiger partial charge in [0.1, 0.15) is 0 Å². The molecule has 0 aromatic heterocycles. The summed E-state index contributed by atoms with van der Waals surface area (Å²) in [6.45, 7) is 15.8. The summed E-state index contributed by atoms with van der Waals surface area (Å²) in [5, 5.41) is 0. The van der Waals surface area contributed by atoms with Gasteiger partial charge in [-0.2, -0.15) is 0 Å². The fourth-order valence-corrected chi connectivity index (χ4v) is 1.64. The van der Waals surface area contributed by atoms with E-state index in [9.17, 15) is 0 Å². The quantitative estimate of drug-likeness (QED) is 0.559. The van der Waals surface area contributed by atoms with Crippen molar-refractivity contribution in [2.75, 3.05) is 20.8 Å². The van der Waals surface area contributed by atoms with Crippen LogP contribution in [0.15, 0.2) is 24.6 Å². The molecule has 0 N–H and O–H groups in total. The van der Waals surface area contributed by atoms with Crippen molar-refractivity contribution in [2.45, 2.75) is 46.5 Å². The molecule has 0 heterocycles. The number of allylic oxidation sites excluding steroid dienone is 2. The first kappa shape index (κ1) is 16.1. The van der Waals surface area contributed by atoms with E-state index in [1.807, 2.05) is 0 Å². The van der Waals surface area contributed by atoms with Gasteiger partial charge in [-0.1, -0.05) is 40.3 Å². The Morgan fingerprint density at radius 1 is 1.00 bits per heavy atom. The third kappa shape index (κ3) is 7.09. The van der Waals surface area contributed by atoms with E-state index >= 15 is 0 Å². The van der Waals surface area contributed by atoms with E-state index in [2.05, 4.69) is 57.8 Å². The van der Waals surface area contributed by atoms with Crippen LogP contribution in [-0.2, 0) is 0 Å². The molecule has 0 aliphatic carbocycles. The Kier molecular flexibility index (Phi) is 7.77. The lowest BCUT2D eigenvalue weighted by Gasteiger charge is -2.30. The molecule has 0 aromatic rings. The maximum atomic E-state index is 4.15. The molecule has 0 saturated heterocycles. The largest absolute Gasteiger partial charge is 0.361 e. The van der Waals surface area contributed by atoms with Crippen LogP contribution in [0.5, 0.6) is 0 Å². The molecular weight excluding hydrogens is 208 g/mol. The van der Waals surface area contributed by atoms with Crippen molar-refractivity contribution in [3.8, 4) is 0 Å².